The van der Waals surface area contributed by atoms with E-state index in [4.69, 9.17) is 11.6 Å². The smallest absolute Gasteiger partial charge is 0.263 e. The zero-order valence-corrected chi connectivity index (χ0v) is 17.9. The molecule has 5 nitrogen and oxygen atoms in total. The maximum absolute atomic E-state index is 13.0. The molecule has 0 spiro atoms. The summed E-state index contributed by atoms with van der Waals surface area (Å²) in [5.74, 6) is 0.283. The number of nitrogens with one attached hydrogen (secondary N) is 1. The maximum atomic E-state index is 13.0. The number of piperidine rings is 1. The summed E-state index contributed by atoms with van der Waals surface area (Å²) >= 11 is 6.19. The summed E-state index contributed by atoms with van der Waals surface area (Å²) in [5, 5.41) is 0.0846. The molecule has 3 rings (SSSR count). The van der Waals surface area contributed by atoms with Gasteiger partial charge in [-0.3, -0.25) is 9.52 Å². The fraction of sp³-hybridized carbons (Fsp3) is 0.381. The Hall–Kier alpha value is -2.05. The summed E-state index contributed by atoms with van der Waals surface area (Å²) in [4.78, 5) is 14.6. The minimum Gasteiger partial charge on any atom is -0.338 e. The molecule has 7 heteroatoms. The van der Waals surface area contributed by atoms with Crippen LogP contribution in [0.3, 0.4) is 0 Å². The standard InChI is InChI=1S/C21H25ClN2O3S/c1-14-6-7-16(3)19(11-14)23-28(26,27)20-12-17(8-9-18(20)22)21(25)24-10-4-5-15(2)13-24/h6-9,11-12,15,23H,4-5,10,13H2,1-3H3/t15-/m1/s1. The highest BCUT2D eigenvalue weighted by molar-refractivity contribution is 7.92. The van der Waals surface area contributed by atoms with E-state index in [1.54, 1.807) is 17.0 Å². The number of hydrogen-bond donors (Lipinski definition) is 1. The number of carbonyl (C=O) groups excluding carboxylic acids is 1. The van der Waals surface area contributed by atoms with Gasteiger partial charge in [0.05, 0.1) is 10.7 Å². The predicted molar refractivity (Wildman–Crippen MR) is 112 cm³/mol. The molecule has 150 valence electrons. The van der Waals surface area contributed by atoms with E-state index < -0.39 is 10.0 Å². The van der Waals surface area contributed by atoms with Crippen LogP contribution < -0.4 is 4.72 Å². The quantitative estimate of drug-likeness (QED) is 0.784. The van der Waals surface area contributed by atoms with Crippen LogP contribution in [0, 0.1) is 19.8 Å². The van der Waals surface area contributed by atoms with Crippen LogP contribution in [-0.2, 0) is 10.0 Å². The Kier molecular flexibility index (Phi) is 6.01. The summed E-state index contributed by atoms with van der Waals surface area (Å²) in [6.07, 6.45) is 2.06. The lowest BCUT2D eigenvalue weighted by atomic mass is 9.99. The molecule has 0 unspecified atom stereocenters. The Labute approximate surface area is 171 Å². The lowest BCUT2D eigenvalue weighted by Crippen LogP contribution is -2.39. The van der Waals surface area contributed by atoms with Gasteiger partial charge in [-0.25, -0.2) is 8.42 Å². The van der Waals surface area contributed by atoms with E-state index in [9.17, 15) is 13.2 Å². The van der Waals surface area contributed by atoms with Gasteiger partial charge in [-0.15, -0.1) is 0 Å². The Bertz CT molecular complexity index is 1000. The van der Waals surface area contributed by atoms with Crippen LogP contribution in [0.5, 0.6) is 0 Å². The van der Waals surface area contributed by atoms with Gasteiger partial charge >= 0.3 is 0 Å². The van der Waals surface area contributed by atoms with Crippen LogP contribution in [0.15, 0.2) is 41.3 Å². The van der Waals surface area contributed by atoms with E-state index in [-0.39, 0.29) is 15.8 Å². The number of carbonyl (C=O) groups is 1. The van der Waals surface area contributed by atoms with Crippen molar-refractivity contribution in [2.24, 2.45) is 5.92 Å². The maximum Gasteiger partial charge on any atom is 0.263 e. The van der Waals surface area contributed by atoms with Gasteiger partial charge in [-0.2, -0.15) is 0 Å². The van der Waals surface area contributed by atoms with Gasteiger partial charge < -0.3 is 4.90 Å². The topological polar surface area (TPSA) is 66.5 Å². The summed E-state index contributed by atoms with van der Waals surface area (Å²) in [7, 11) is -3.93. The first-order valence-corrected chi connectivity index (χ1v) is 11.2. The lowest BCUT2D eigenvalue weighted by molar-refractivity contribution is 0.0683. The van der Waals surface area contributed by atoms with Gasteiger partial charge in [0.25, 0.3) is 15.9 Å². The van der Waals surface area contributed by atoms with Crippen molar-refractivity contribution in [3.05, 3.63) is 58.1 Å². The first-order chi connectivity index (χ1) is 13.2. The first kappa shape index (κ1) is 20.7. The lowest BCUT2D eigenvalue weighted by Gasteiger charge is -2.31. The number of hydrogen-bond acceptors (Lipinski definition) is 3. The van der Waals surface area contributed by atoms with E-state index in [1.807, 2.05) is 26.0 Å². The first-order valence-electron chi connectivity index (χ1n) is 9.36. The van der Waals surface area contributed by atoms with Crippen molar-refractivity contribution in [3.8, 4) is 0 Å². The SMILES string of the molecule is Cc1ccc(C)c(NS(=O)(=O)c2cc(C(=O)N3CCC[C@@H](C)C3)ccc2Cl)c1. The fourth-order valence-electron chi connectivity index (χ4n) is 3.44. The third-order valence-corrected chi connectivity index (χ3v) is 6.90. The number of benzene rings is 2. The van der Waals surface area contributed by atoms with Gasteiger partial charge in [0.15, 0.2) is 0 Å². The number of anilines is 1. The fourth-order valence-corrected chi connectivity index (χ4v) is 5.09. The second-order valence-corrected chi connectivity index (χ2v) is 9.63. The van der Waals surface area contributed by atoms with Crippen LogP contribution in [0.1, 0.15) is 41.3 Å². The highest BCUT2D eigenvalue weighted by Gasteiger charge is 2.25. The molecule has 1 amide bonds. The van der Waals surface area contributed by atoms with Crippen molar-refractivity contribution in [1.82, 2.24) is 4.90 Å². The van der Waals surface area contributed by atoms with E-state index in [1.165, 1.54) is 12.1 Å². The van der Waals surface area contributed by atoms with Crippen molar-refractivity contribution in [2.75, 3.05) is 17.8 Å². The summed E-state index contributed by atoms with van der Waals surface area (Å²) in [5.41, 5.74) is 2.58. The largest absolute Gasteiger partial charge is 0.338 e. The van der Waals surface area contributed by atoms with Crippen molar-refractivity contribution in [2.45, 2.75) is 38.5 Å². The van der Waals surface area contributed by atoms with E-state index >= 15 is 0 Å². The average Bonchev–Trinajstić information content (AvgIpc) is 2.64. The summed E-state index contributed by atoms with van der Waals surface area (Å²) < 4.78 is 28.5. The number of amides is 1. The average molecular weight is 421 g/mol. The Balaban J connectivity index is 1.92. The molecule has 1 N–H and O–H groups in total. The minimum atomic E-state index is -3.93. The number of rotatable bonds is 4. The van der Waals surface area contributed by atoms with Crippen LogP contribution in [-0.4, -0.2) is 32.3 Å². The third kappa shape index (κ3) is 4.50. The van der Waals surface area contributed by atoms with E-state index in [0.29, 0.717) is 30.3 Å². The van der Waals surface area contributed by atoms with E-state index in [2.05, 4.69) is 11.6 Å². The molecule has 0 radical (unpaired) electrons. The molecule has 1 atom stereocenters. The Morgan fingerprint density at radius 3 is 2.64 bits per heavy atom. The van der Waals surface area contributed by atoms with Gasteiger partial charge in [0, 0.05) is 18.7 Å². The van der Waals surface area contributed by atoms with Crippen molar-refractivity contribution >= 4 is 33.2 Å². The van der Waals surface area contributed by atoms with Crippen LogP contribution in [0.25, 0.3) is 0 Å². The molecule has 28 heavy (non-hydrogen) atoms. The van der Waals surface area contributed by atoms with Gasteiger partial charge in [0.1, 0.15) is 4.90 Å². The normalized spacial score (nSPS) is 17.4. The molecule has 1 heterocycles. The number of likely N-dealkylation sites (tertiary alicyclic amines) is 1. The Morgan fingerprint density at radius 1 is 1.18 bits per heavy atom. The number of sulfonamides is 1. The molecule has 1 aliphatic heterocycles. The highest BCUT2D eigenvalue weighted by atomic mass is 35.5. The van der Waals surface area contributed by atoms with Crippen molar-refractivity contribution in [1.29, 1.82) is 0 Å². The third-order valence-electron chi connectivity index (χ3n) is 5.05. The summed E-state index contributed by atoms with van der Waals surface area (Å²) in [6, 6.07) is 9.97. The highest BCUT2D eigenvalue weighted by Crippen LogP contribution is 2.28. The second kappa shape index (κ2) is 8.13. The molecule has 0 aliphatic carbocycles. The van der Waals surface area contributed by atoms with Gasteiger partial charge in [0.2, 0.25) is 0 Å². The monoisotopic (exact) mass is 420 g/mol. The van der Waals surface area contributed by atoms with Crippen LogP contribution in [0.4, 0.5) is 5.69 Å². The van der Waals surface area contributed by atoms with Gasteiger partial charge in [-0.05, 0) is 68.0 Å². The number of aryl methyl sites for hydroxylation is 2. The van der Waals surface area contributed by atoms with E-state index in [0.717, 1.165) is 24.0 Å². The zero-order valence-electron chi connectivity index (χ0n) is 16.3. The van der Waals surface area contributed by atoms with Crippen molar-refractivity contribution in [3.63, 3.8) is 0 Å². The molecule has 1 saturated heterocycles. The van der Waals surface area contributed by atoms with Crippen LogP contribution in [0.2, 0.25) is 5.02 Å². The minimum absolute atomic E-state index is 0.0846. The van der Waals surface area contributed by atoms with Crippen LogP contribution >= 0.6 is 11.6 Å². The molecule has 1 fully saturated rings. The molecular weight excluding hydrogens is 396 g/mol. The number of halogens is 1. The second-order valence-electron chi connectivity index (χ2n) is 7.57. The Morgan fingerprint density at radius 2 is 1.93 bits per heavy atom. The molecule has 0 bridgehead atoms. The predicted octanol–water partition coefficient (Wildman–Crippen LogP) is 4.63. The molecular formula is C21H25ClN2O3S. The van der Waals surface area contributed by atoms with Gasteiger partial charge in [-0.1, -0.05) is 30.7 Å². The molecule has 2 aromatic carbocycles. The molecule has 0 aromatic heterocycles. The molecule has 0 saturated carbocycles. The number of nitrogens with zero attached hydrogens (tertiary/aromatic N) is 1. The van der Waals surface area contributed by atoms with Crippen molar-refractivity contribution < 1.29 is 13.2 Å². The summed E-state index contributed by atoms with van der Waals surface area (Å²) in [6.45, 7) is 7.21. The zero-order chi connectivity index (χ0) is 20.5. The molecule has 2 aromatic rings. The molecule has 1 aliphatic rings.